The zero-order chi connectivity index (χ0) is 20.4. The number of guanidine groups is 1. The molecular weight excluding hydrogens is 366 g/mol. The molecule has 0 aromatic heterocycles. The van der Waals surface area contributed by atoms with Gasteiger partial charge in [0.05, 0.1) is 0 Å². The highest BCUT2D eigenvalue weighted by molar-refractivity contribution is 6.01. The van der Waals surface area contributed by atoms with Crippen LogP contribution in [-0.4, -0.2) is 40.7 Å². The molecule has 3 N–H and O–H groups in total. The lowest BCUT2D eigenvalue weighted by molar-refractivity contribution is -0.137. The number of hydrogen-bond donors (Lipinski definition) is 3. The Hall–Kier alpha value is -3.88. The first-order chi connectivity index (χ1) is 13.5. The number of nitrogens with zero attached hydrogens (tertiary/aromatic N) is 1. The Morgan fingerprint density at radius 3 is 1.89 bits per heavy atom. The molecule has 0 fully saturated rings. The Bertz CT molecular complexity index is 826. The summed E-state index contributed by atoms with van der Waals surface area (Å²) in [7, 11) is 0. The first-order valence-electron chi connectivity index (χ1n) is 8.22. The van der Waals surface area contributed by atoms with E-state index >= 15 is 0 Å². The van der Waals surface area contributed by atoms with Crippen LogP contribution in [0.5, 0.6) is 0 Å². The molecule has 2 aromatic rings. The van der Waals surface area contributed by atoms with Crippen molar-refractivity contribution in [3.8, 4) is 0 Å². The average Bonchev–Trinajstić information content (AvgIpc) is 2.70. The van der Waals surface area contributed by atoms with Crippen LogP contribution in [0.25, 0.3) is 0 Å². The SMILES string of the molecule is N=C(NC(=O)OCc1ccccc1)N(CC(=O)O)C(=O)OCc1ccccc1. The van der Waals surface area contributed by atoms with Gasteiger partial charge in [0.15, 0.2) is 0 Å². The van der Waals surface area contributed by atoms with E-state index in [0.29, 0.717) is 10.5 Å². The van der Waals surface area contributed by atoms with Gasteiger partial charge >= 0.3 is 18.2 Å². The van der Waals surface area contributed by atoms with Crippen molar-refractivity contribution in [3.05, 3.63) is 71.8 Å². The fourth-order valence-corrected chi connectivity index (χ4v) is 2.09. The maximum atomic E-state index is 12.2. The molecule has 2 amide bonds. The molecule has 0 aliphatic carbocycles. The number of hydrogen-bond acceptors (Lipinski definition) is 6. The minimum Gasteiger partial charge on any atom is -0.480 e. The van der Waals surface area contributed by atoms with Crippen molar-refractivity contribution in [1.29, 1.82) is 5.41 Å². The monoisotopic (exact) mass is 385 g/mol. The van der Waals surface area contributed by atoms with Crippen molar-refractivity contribution >= 4 is 24.1 Å². The van der Waals surface area contributed by atoms with Crippen molar-refractivity contribution < 1.29 is 29.0 Å². The van der Waals surface area contributed by atoms with E-state index in [2.05, 4.69) is 0 Å². The zero-order valence-electron chi connectivity index (χ0n) is 14.8. The number of carboxylic acids is 1. The fraction of sp³-hybridized carbons (Fsp3) is 0.158. The van der Waals surface area contributed by atoms with Crippen LogP contribution in [0.1, 0.15) is 11.1 Å². The standard InChI is InChI=1S/C19H19N3O6/c20-17(21-18(25)27-12-14-7-3-1-4-8-14)22(11-16(23)24)19(26)28-13-15-9-5-2-6-10-15/h1-10H,11-13H2,(H,23,24)(H2,20,21,25). The molecule has 9 nitrogen and oxygen atoms in total. The summed E-state index contributed by atoms with van der Waals surface area (Å²) in [6.07, 6.45) is -2.08. The highest BCUT2D eigenvalue weighted by atomic mass is 16.6. The minimum atomic E-state index is -1.37. The van der Waals surface area contributed by atoms with Gasteiger partial charge in [0, 0.05) is 0 Å². The lowest BCUT2D eigenvalue weighted by Gasteiger charge is -2.20. The van der Waals surface area contributed by atoms with Crippen molar-refractivity contribution in [2.24, 2.45) is 0 Å². The molecule has 0 saturated heterocycles. The Morgan fingerprint density at radius 2 is 1.39 bits per heavy atom. The lowest BCUT2D eigenvalue weighted by Crippen LogP contribution is -2.49. The number of alkyl carbamates (subject to hydrolysis) is 1. The number of carbonyl (C=O) groups is 3. The number of benzene rings is 2. The second-order valence-corrected chi connectivity index (χ2v) is 5.56. The van der Waals surface area contributed by atoms with E-state index in [1.54, 1.807) is 54.6 Å². The number of nitrogens with one attached hydrogen (secondary N) is 2. The van der Waals surface area contributed by atoms with Crippen molar-refractivity contribution in [3.63, 3.8) is 0 Å². The second kappa shape index (κ2) is 10.3. The Morgan fingerprint density at radius 1 is 0.893 bits per heavy atom. The Kier molecular flexibility index (Phi) is 7.53. The van der Waals surface area contributed by atoms with Crippen LogP contribution < -0.4 is 5.32 Å². The molecule has 0 heterocycles. The van der Waals surface area contributed by atoms with Crippen molar-refractivity contribution in [1.82, 2.24) is 10.2 Å². The van der Waals surface area contributed by atoms with Gasteiger partial charge in [-0.3, -0.25) is 15.5 Å². The molecule has 0 atom stereocenters. The molecule has 0 unspecified atom stereocenters. The van der Waals surface area contributed by atoms with E-state index < -0.39 is 30.7 Å². The van der Waals surface area contributed by atoms with Gasteiger partial charge < -0.3 is 14.6 Å². The smallest absolute Gasteiger partial charge is 0.417 e. The average molecular weight is 385 g/mol. The molecule has 0 aliphatic heterocycles. The molecule has 2 rings (SSSR count). The van der Waals surface area contributed by atoms with E-state index in [1.807, 2.05) is 11.4 Å². The number of carbonyl (C=O) groups excluding carboxylic acids is 2. The van der Waals surface area contributed by atoms with Crippen LogP contribution in [0.2, 0.25) is 0 Å². The summed E-state index contributed by atoms with van der Waals surface area (Å²) in [4.78, 5) is 35.5. The highest BCUT2D eigenvalue weighted by Crippen LogP contribution is 2.04. The van der Waals surface area contributed by atoms with E-state index in [0.717, 1.165) is 5.56 Å². The number of ether oxygens (including phenoxy) is 2. The summed E-state index contributed by atoms with van der Waals surface area (Å²) < 4.78 is 9.96. The number of aliphatic carboxylic acids is 1. The largest absolute Gasteiger partial charge is 0.480 e. The maximum absolute atomic E-state index is 12.2. The van der Waals surface area contributed by atoms with Gasteiger partial charge in [-0.25, -0.2) is 14.5 Å². The van der Waals surface area contributed by atoms with Gasteiger partial charge in [-0.05, 0) is 11.1 Å². The quantitative estimate of drug-likeness (QED) is 0.518. The predicted octanol–water partition coefficient (Wildman–Crippen LogP) is 2.57. The van der Waals surface area contributed by atoms with Gasteiger partial charge in [0.2, 0.25) is 5.96 Å². The molecule has 28 heavy (non-hydrogen) atoms. The maximum Gasteiger partial charge on any atom is 0.417 e. The second-order valence-electron chi connectivity index (χ2n) is 5.56. The first-order valence-corrected chi connectivity index (χ1v) is 8.22. The van der Waals surface area contributed by atoms with E-state index in [1.165, 1.54) is 0 Å². The summed E-state index contributed by atoms with van der Waals surface area (Å²) in [6, 6.07) is 17.6. The molecule has 2 aromatic carbocycles. The number of carboxylic acid groups (broad SMARTS) is 1. The van der Waals surface area contributed by atoms with Gasteiger partial charge in [-0.2, -0.15) is 0 Å². The molecular formula is C19H19N3O6. The predicted molar refractivity (Wildman–Crippen MR) is 98.5 cm³/mol. The highest BCUT2D eigenvalue weighted by Gasteiger charge is 2.24. The van der Waals surface area contributed by atoms with Gasteiger partial charge in [-0.1, -0.05) is 60.7 Å². The number of rotatable bonds is 6. The lowest BCUT2D eigenvalue weighted by atomic mass is 10.2. The summed E-state index contributed by atoms with van der Waals surface area (Å²) in [5.41, 5.74) is 1.42. The van der Waals surface area contributed by atoms with E-state index in [-0.39, 0.29) is 13.2 Å². The summed E-state index contributed by atoms with van der Waals surface area (Å²) in [5.74, 6) is -2.14. The first kappa shape index (κ1) is 20.4. The van der Waals surface area contributed by atoms with E-state index in [4.69, 9.17) is 20.0 Å². The van der Waals surface area contributed by atoms with Gasteiger partial charge in [0.1, 0.15) is 19.8 Å². The van der Waals surface area contributed by atoms with Crippen LogP contribution in [0.4, 0.5) is 9.59 Å². The number of amides is 2. The Labute approximate surface area is 161 Å². The molecule has 146 valence electrons. The summed E-state index contributed by atoms with van der Waals surface area (Å²) >= 11 is 0. The van der Waals surface area contributed by atoms with E-state index in [9.17, 15) is 14.4 Å². The van der Waals surface area contributed by atoms with Gasteiger partial charge in [0.25, 0.3) is 0 Å². The van der Waals surface area contributed by atoms with Crippen molar-refractivity contribution in [2.75, 3.05) is 6.54 Å². The Balaban J connectivity index is 1.90. The summed E-state index contributed by atoms with van der Waals surface area (Å²) in [5, 5.41) is 18.8. The summed E-state index contributed by atoms with van der Waals surface area (Å²) in [6.45, 7) is -1.01. The molecule has 0 aliphatic rings. The van der Waals surface area contributed by atoms with Crippen molar-refractivity contribution in [2.45, 2.75) is 13.2 Å². The normalized spacial score (nSPS) is 9.86. The van der Waals surface area contributed by atoms with Crippen LogP contribution in [0.15, 0.2) is 60.7 Å². The molecule has 0 bridgehead atoms. The third-order valence-electron chi connectivity index (χ3n) is 3.42. The van der Waals surface area contributed by atoms with Crippen LogP contribution in [0, 0.1) is 5.41 Å². The van der Waals surface area contributed by atoms with Gasteiger partial charge in [-0.15, -0.1) is 0 Å². The third-order valence-corrected chi connectivity index (χ3v) is 3.42. The van der Waals surface area contributed by atoms with Crippen LogP contribution >= 0.6 is 0 Å². The topological polar surface area (TPSA) is 129 Å². The third kappa shape index (κ3) is 6.79. The minimum absolute atomic E-state index is 0.0443. The molecule has 9 heteroatoms. The molecule has 0 spiro atoms. The van der Waals surface area contributed by atoms with Crippen LogP contribution in [-0.2, 0) is 27.5 Å². The molecule has 0 radical (unpaired) electrons. The zero-order valence-corrected chi connectivity index (χ0v) is 14.8. The fourth-order valence-electron chi connectivity index (χ4n) is 2.09. The molecule has 0 saturated carbocycles. The van der Waals surface area contributed by atoms with Crippen LogP contribution in [0.3, 0.4) is 0 Å².